The molecule has 30 heavy (non-hydrogen) atoms. The Morgan fingerprint density at radius 1 is 1.07 bits per heavy atom. The molecule has 0 radical (unpaired) electrons. The number of hydrogen-bond donors (Lipinski definition) is 0. The van der Waals surface area contributed by atoms with Crippen LogP contribution < -0.4 is 4.90 Å². The number of amides is 1. The Labute approximate surface area is 184 Å². The van der Waals surface area contributed by atoms with Crippen molar-refractivity contribution in [2.24, 2.45) is 0 Å². The Bertz CT molecular complexity index is 1190. The number of aromatic nitrogens is 3. The van der Waals surface area contributed by atoms with Gasteiger partial charge in [-0.2, -0.15) is 0 Å². The maximum atomic E-state index is 12.3. The Kier molecular flexibility index (Phi) is 6.11. The van der Waals surface area contributed by atoms with Crippen LogP contribution in [0, 0.1) is 6.92 Å². The van der Waals surface area contributed by atoms with Crippen LogP contribution in [0.2, 0.25) is 0 Å². The minimum Gasteiger partial charge on any atom is -0.274 e. The maximum Gasteiger partial charge on any atom is 0.230 e. The van der Waals surface area contributed by atoms with Gasteiger partial charge in [0.25, 0.3) is 0 Å². The van der Waals surface area contributed by atoms with Gasteiger partial charge in [0.15, 0.2) is 5.13 Å². The lowest BCUT2D eigenvalue weighted by Crippen LogP contribution is -2.22. The molecule has 0 aliphatic heterocycles. The molecule has 0 unspecified atom stereocenters. The Balaban J connectivity index is 1.55. The third-order valence-electron chi connectivity index (χ3n) is 4.69. The van der Waals surface area contributed by atoms with Crippen LogP contribution in [0.4, 0.5) is 10.8 Å². The number of thioether (sulfide) groups is 1. The molecule has 0 spiro atoms. The van der Waals surface area contributed by atoms with Crippen LogP contribution >= 0.6 is 23.1 Å². The van der Waals surface area contributed by atoms with E-state index in [4.69, 9.17) is 4.98 Å². The molecule has 0 saturated carbocycles. The molecular weight excluding hydrogens is 412 g/mol. The highest BCUT2D eigenvalue weighted by atomic mass is 32.2. The second-order valence-corrected chi connectivity index (χ2v) is 8.68. The molecule has 4 rings (SSSR count). The molecule has 4 aromatic rings. The molecular formula is C23H22N4OS2. The molecule has 1 amide bonds. The van der Waals surface area contributed by atoms with E-state index in [0.717, 1.165) is 39.6 Å². The molecule has 5 nitrogen and oxygen atoms in total. The van der Waals surface area contributed by atoms with E-state index in [2.05, 4.69) is 29.0 Å². The van der Waals surface area contributed by atoms with Crippen LogP contribution in [0.3, 0.4) is 0 Å². The first-order valence-electron chi connectivity index (χ1n) is 9.75. The summed E-state index contributed by atoms with van der Waals surface area (Å²) in [6.45, 7) is 5.59. The normalized spacial score (nSPS) is 11.0. The number of carbonyl (C=O) groups excluding carboxylic acids is 1. The average Bonchev–Trinajstić information content (AvgIpc) is 3.20. The lowest BCUT2D eigenvalue weighted by molar-refractivity contribution is -0.115. The average molecular weight is 435 g/mol. The van der Waals surface area contributed by atoms with Crippen LogP contribution in [-0.2, 0) is 17.0 Å². The van der Waals surface area contributed by atoms with Crippen molar-refractivity contribution in [1.82, 2.24) is 15.0 Å². The number of carbonyl (C=O) groups is 1. The monoisotopic (exact) mass is 434 g/mol. The second kappa shape index (κ2) is 8.93. The van der Waals surface area contributed by atoms with Gasteiger partial charge in [-0.3, -0.25) is 9.69 Å². The lowest BCUT2D eigenvalue weighted by atomic mass is 10.1. The fourth-order valence-electron chi connectivity index (χ4n) is 3.18. The van der Waals surface area contributed by atoms with Gasteiger partial charge in [0.05, 0.1) is 16.9 Å². The predicted molar refractivity (Wildman–Crippen MR) is 125 cm³/mol. The van der Waals surface area contributed by atoms with E-state index in [-0.39, 0.29) is 5.91 Å². The van der Waals surface area contributed by atoms with E-state index in [1.807, 2.05) is 48.7 Å². The highest BCUT2D eigenvalue weighted by Gasteiger charge is 2.18. The zero-order valence-electron chi connectivity index (χ0n) is 17.1. The first kappa shape index (κ1) is 20.5. The summed E-state index contributed by atoms with van der Waals surface area (Å²) in [4.78, 5) is 27.9. The summed E-state index contributed by atoms with van der Waals surface area (Å²) >= 11 is 3.12. The predicted octanol–water partition coefficient (Wildman–Crippen LogP) is 5.93. The van der Waals surface area contributed by atoms with Gasteiger partial charge in [-0.05, 0) is 37.1 Å². The number of rotatable bonds is 6. The van der Waals surface area contributed by atoms with Crippen LogP contribution in [0.25, 0.3) is 10.9 Å². The van der Waals surface area contributed by atoms with Gasteiger partial charge in [-0.25, -0.2) is 15.0 Å². The lowest BCUT2D eigenvalue weighted by Gasteiger charge is -2.18. The maximum absolute atomic E-state index is 12.3. The molecule has 7 heteroatoms. The smallest absolute Gasteiger partial charge is 0.230 e. The molecule has 2 aromatic heterocycles. The van der Waals surface area contributed by atoms with Crippen molar-refractivity contribution in [3.63, 3.8) is 0 Å². The Hall–Kier alpha value is -2.77. The third-order valence-corrected chi connectivity index (χ3v) is 6.58. The van der Waals surface area contributed by atoms with E-state index < -0.39 is 0 Å². The SMILES string of the molecule is CCc1ccc(N(C(C)=O)c2nc(CSc3nc(C)nc4ccccc34)cs2)cc1. The van der Waals surface area contributed by atoms with E-state index >= 15 is 0 Å². The van der Waals surface area contributed by atoms with E-state index in [9.17, 15) is 4.79 Å². The van der Waals surface area contributed by atoms with Crippen molar-refractivity contribution >= 4 is 50.7 Å². The summed E-state index contributed by atoms with van der Waals surface area (Å²) in [5, 5.41) is 4.69. The van der Waals surface area contributed by atoms with Gasteiger partial charge in [0.1, 0.15) is 10.9 Å². The van der Waals surface area contributed by atoms with Gasteiger partial charge in [0.2, 0.25) is 5.91 Å². The first-order chi connectivity index (χ1) is 14.5. The summed E-state index contributed by atoms with van der Waals surface area (Å²) < 4.78 is 0. The Morgan fingerprint density at radius 2 is 1.83 bits per heavy atom. The van der Waals surface area contributed by atoms with E-state index in [1.165, 1.54) is 16.9 Å². The minimum absolute atomic E-state index is 0.0507. The Morgan fingerprint density at radius 3 is 2.57 bits per heavy atom. The zero-order chi connectivity index (χ0) is 21.1. The van der Waals surface area contributed by atoms with Crippen molar-refractivity contribution in [2.45, 2.75) is 38.0 Å². The third kappa shape index (κ3) is 4.37. The number of fused-ring (bicyclic) bond motifs is 1. The molecule has 2 heterocycles. The summed E-state index contributed by atoms with van der Waals surface area (Å²) in [5.74, 6) is 1.39. The summed E-state index contributed by atoms with van der Waals surface area (Å²) in [6.07, 6.45) is 0.968. The number of hydrogen-bond acceptors (Lipinski definition) is 6. The molecule has 0 aliphatic carbocycles. The number of benzene rings is 2. The molecule has 0 saturated heterocycles. The summed E-state index contributed by atoms with van der Waals surface area (Å²) in [6, 6.07) is 16.1. The van der Waals surface area contributed by atoms with Crippen molar-refractivity contribution < 1.29 is 4.79 Å². The number of nitrogens with zero attached hydrogens (tertiary/aromatic N) is 4. The van der Waals surface area contributed by atoms with Gasteiger partial charge in [-0.1, -0.05) is 49.0 Å². The molecule has 0 N–H and O–H groups in total. The topological polar surface area (TPSA) is 59.0 Å². The van der Waals surface area contributed by atoms with Crippen molar-refractivity contribution in [3.8, 4) is 0 Å². The number of thiazole rings is 1. The molecule has 152 valence electrons. The number of aryl methyl sites for hydroxylation is 2. The standard InChI is InChI=1S/C23H22N4OS2/c1-4-17-9-11-19(12-10-17)27(16(3)28)23-26-18(14-30-23)13-29-22-20-7-5-6-8-21(20)24-15(2)25-22/h5-12,14H,4,13H2,1-3H3. The van der Waals surface area contributed by atoms with Gasteiger partial charge in [-0.15, -0.1) is 11.3 Å². The fourth-order valence-corrected chi connectivity index (χ4v) is 5.13. The van der Waals surface area contributed by atoms with Gasteiger partial charge >= 0.3 is 0 Å². The largest absolute Gasteiger partial charge is 0.274 e. The minimum atomic E-state index is -0.0507. The zero-order valence-corrected chi connectivity index (χ0v) is 18.8. The fraction of sp³-hybridized carbons (Fsp3) is 0.217. The first-order valence-corrected chi connectivity index (χ1v) is 11.6. The van der Waals surface area contributed by atoms with Crippen LogP contribution in [-0.4, -0.2) is 20.9 Å². The molecule has 0 bridgehead atoms. The van der Waals surface area contributed by atoms with Crippen LogP contribution in [0.5, 0.6) is 0 Å². The highest BCUT2D eigenvalue weighted by molar-refractivity contribution is 7.98. The second-order valence-electron chi connectivity index (χ2n) is 6.88. The van der Waals surface area contributed by atoms with Gasteiger partial charge in [0, 0.05) is 23.4 Å². The van der Waals surface area contributed by atoms with Crippen LogP contribution in [0.1, 0.15) is 30.9 Å². The van der Waals surface area contributed by atoms with Crippen molar-refractivity contribution in [1.29, 1.82) is 0 Å². The molecule has 0 fully saturated rings. The highest BCUT2D eigenvalue weighted by Crippen LogP contribution is 2.32. The number of para-hydroxylation sites is 1. The van der Waals surface area contributed by atoms with Gasteiger partial charge < -0.3 is 0 Å². The quantitative estimate of drug-likeness (QED) is 0.278. The van der Waals surface area contributed by atoms with Crippen molar-refractivity contribution in [3.05, 3.63) is 71.0 Å². The van der Waals surface area contributed by atoms with Crippen molar-refractivity contribution in [2.75, 3.05) is 4.90 Å². The molecule has 0 atom stereocenters. The molecule has 2 aromatic carbocycles. The number of anilines is 2. The summed E-state index contributed by atoms with van der Waals surface area (Å²) in [5.41, 5.74) is 3.96. The van der Waals surface area contributed by atoms with Crippen LogP contribution in [0.15, 0.2) is 58.9 Å². The molecule has 0 aliphatic rings. The van der Waals surface area contributed by atoms with E-state index in [0.29, 0.717) is 10.9 Å². The summed E-state index contributed by atoms with van der Waals surface area (Å²) in [7, 11) is 0. The van der Waals surface area contributed by atoms with E-state index in [1.54, 1.807) is 23.6 Å².